The maximum atomic E-state index is 11.0. The Morgan fingerprint density at radius 2 is 2.12 bits per heavy atom. The Morgan fingerprint density at radius 3 is 2.65 bits per heavy atom. The summed E-state index contributed by atoms with van der Waals surface area (Å²) in [6.45, 7) is 1.41. The number of hydrogen-bond donors (Lipinski definition) is 1. The van der Waals surface area contributed by atoms with Crippen molar-refractivity contribution in [1.29, 1.82) is 0 Å². The van der Waals surface area contributed by atoms with E-state index in [0.717, 1.165) is 0 Å². The quantitative estimate of drug-likeness (QED) is 0.786. The molecule has 0 heterocycles. The molecule has 0 spiro atoms. The van der Waals surface area contributed by atoms with E-state index < -0.39 is 12.1 Å². The van der Waals surface area contributed by atoms with E-state index in [1.54, 1.807) is 25.1 Å². The van der Waals surface area contributed by atoms with Crippen molar-refractivity contribution in [2.45, 2.75) is 13.0 Å². The number of esters is 1. The van der Waals surface area contributed by atoms with Gasteiger partial charge in [0.25, 0.3) is 0 Å². The second-order valence-corrected chi connectivity index (χ2v) is 3.44. The largest absolute Gasteiger partial charge is 0.497 e. The summed E-state index contributed by atoms with van der Waals surface area (Å²) in [4.78, 5) is 11.0. The van der Waals surface area contributed by atoms with Gasteiger partial charge in [-0.25, -0.2) is 4.79 Å². The summed E-state index contributed by atoms with van der Waals surface area (Å²) in [5.74, 6) is 0.517. The van der Waals surface area contributed by atoms with Crippen molar-refractivity contribution in [3.05, 3.63) is 23.8 Å². The van der Waals surface area contributed by atoms with Crippen LogP contribution in [-0.2, 0) is 9.53 Å². The molecule has 0 aliphatic carbocycles. The van der Waals surface area contributed by atoms with Crippen LogP contribution in [0.3, 0.4) is 0 Å². The molecule has 5 nitrogen and oxygen atoms in total. The lowest BCUT2D eigenvalue weighted by atomic mass is 10.1. The minimum absolute atomic E-state index is 0.205. The van der Waals surface area contributed by atoms with Gasteiger partial charge in [0.1, 0.15) is 11.5 Å². The Morgan fingerprint density at radius 1 is 1.41 bits per heavy atom. The van der Waals surface area contributed by atoms with Crippen molar-refractivity contribution in [2.75, 3.05) is 20.8 Å². The SMILES string of the molecule is COC(=O)COc1cc(OC)ccc1[C@@H](C)O. The third-order valence-electron chi connectivity index (χ3n) is 2.24. The molecule has 17 heavy (non-hydrogen) atoms. The van der Waals surface area contributed by atoms with Crippen LogP contribution in [0.25, 0.3) is 0 Å². The highest BCUT2D eigenvalue weighted by molar-refractivity contribution is 5.71. The number of hydrogen-bond acceptors (Lipinski definition) is 5. The molecule has 0 saturated heterocycles. The van der Waals surface area contributed by atoms with E-state index in [0.29, 0.717) is 17.1 Å². The number of aliphatic hydroxyl groups excluding tert-OH is 1. The first-order valence-corrected chi connectivity index (χ1v) is 5.14. The molecule has 0 saturated carbocycles. The third kappa shape index (κ3) is 3.64. The number of benzene rings is 1. The summed E-state index contributed by atoms with van der Waals surface area (Å²) in [7, 11) is 2.81. The second-order valence-electron chi connectivity index (χ2n) is 3.44. The number of aliphatic hydroxyl groups is 1. The minimum atomic E-state index is -0.687. The molecule has 5 heteroatoms. The zero-order valence-electron chi connectivity index (χ0n) is 10.1. The van der Waals surface area contributed by atoms with Crippen LogP contribution >= 0.6 is 0 Å². The summed E-state index contributed by atoms with van der Waals surface area (Å²) in [6, 6.07) is 5.02. The lowest BCUT2D eigenvalue weighted by Gasteiger charge is -2.13. The van der Waals surface area contributed by atoms with Gasteiger partial charge >= 0.3 is 5.97 Å². The maximum absolute atomic E-state index is 11.0. The van der Waals surface area contributed by atoms with Gasteiger partial charge in [0.05, 0.1) is 20.3 Å². The van der Waals surface area contributed by atoms with Gasteiger partial charge in [-0.2, -0.15) is 0 Å². The van der Waals surface area contributed by atoms with Crippen LogP contribution in [0.1, 0.15) is 18.6 Å². The highest BCUT2D eigenvalue weighted by Gasteiger charge is 2.12. The van der Waals surface area contributed by atoms with E-state index in [9.17, 15) is 9.90 Å². The average molecular weight is 240 g/mol. The molecule has 0 aliphatic heterocycles. The molecule has 0 fully saturated rings. The first kappa shape index (κ1) is 13.3. The Balaban J connectivity index is 2.89. The average Bonchev–Trinajstić information content (AvgIpc) is 2.35. The summed E-state index contributed by atoms with van der Waals surface area (Å²) in [5.41, 5.74) is 0.592. The van der Waals surface area contributed by atoms with Gasteiger partial charge in [-0.15, -0.1) is 0 Å². The van der Waals surface area contributed by atoms with Crippen molar-refractivity contribution >= 4 is 5.97 Å². The number of carbonyl (C=O) groups excluding carboxylic acids is 1. The molecule has 0 aromatic heterocycles. The van der Waals surface area contributed by atoms with Gasteiger partial charge in [0, 0.05) is 11.6 Å². The van der Waals surface area contributed by atoms with Crippen LogP contribution < -0.4 is 9.47 Å². The van der Waals surface area contributed by atoms with Crippen molar-refractivity contribution in [2.24, 2.45) is 0 Å². The van der Waals surface area contributed by atoms with Crippen LogP contribution in [-0.4, -0.2) is 31.9 Å². The monoisotopic (exact) mass is 240 g/mol. The molecule has 1 aromatic rings. The zero-order chi connectivity index (χ0) is 12.8. The molecule has 0 bridgehead atoms. The molecule has 0 amide bonds. The van der Waals surface area contributed by atoms with Gasteiger partial charge in [-0.3, -0.25) is 0 Å². The third-order valence-corrected chi connectivity index (χ3v) is 2.24. The number of methoxy groups -OCH3 is 2. The minimum Gasteiger partial charge on any atom is -0.497 e. The van der Waals surface area contributed by atoms with Crippen LogP contribution in [0.5, 0.6) is 11.5 Å². The van der Waals surface area contributed by atoms with E-state index in [2.05, 4.69) is 4.74 Å². The number of ether oxygens (including phenoxy) is 3. The van der Waals surface area contributed by atoms with Gasteiger partial charge < -0.3 is 19.3 Å². The molecule has 1 aromatic carbocycles. The summed E-state index contributed by atoms with van der Waals surface area (Å²) >= 11 is 0. The molecule has 0 unspecified atom stereocenters. The molecular formula is C12H16O5. The molecule has 0 aliphatic rings. The predicted octanol–water partition coefficient (Wildman–Crippen LogP) is 1.30. The topological polar surface area (TPSA) is 65.0 Å². The molecule has 94 valence electrons. The maximum Gasteiger partial charge on any atom is 0.343 e. The van der Waals surface area contributed by atoms with Crippen LogP contribution in [0.15, 0.2) is 18.2 Å². The molecule has 1 rings (SSSR count). The van der Waals surface area contributed by atoms with Crippen LogP contribution in [0.2, 0.25) is 0 Å². The van der Waals surface area contributed by atoms with Gasteiger partial charge in [-0.05, 0) is 19.1 Å². The number of carbonyl (C=O) groups is 1. The lowest BCUT2D eigenvalue weighted by Crippen LogP contribution is -2.13. The Labute approximate surface area is 99.9 Å². The summed E-state index contributed by atoms with van der Waals surface area (Å²) in [6.07, 6.45) is -0.687. The standard InChI is InChI=1S/C12H16O5/c1-8(13)10-5-4-9(15-2)6-11(10)17-7-12(14)16-3/h4-6,8,13H,7H2,1-3H3/t8-/m1/s1. The first-order chi connectivity index (χ1) is 8.08. The van der Waals surface area contributed by atoms with E-state index in [1.165, 1.54) is 14.2 Å². The van der Waals surface area contributed by atoms with Crippen molar-refractivity contribution in [3.63, 3.8) is 0 Å². The van der Waals surface area contributed by atoms with Crippen LogP contribution in [0, 0.1) is 0 Å². The molecule has 1 atom stereocenters. The van der Waals surface area contributed by atoms with Crippen LogP contribution in [0.4, 0.5) is 0 Å². The number of rotatable bonds is 5. The second kappa shape index (κ2) is 6.10. The predicted molar refractivity (Wildman–Crippen MR) is 61.1 cm³/mol. The van der Waals surface area contributed by atoms with Gasteiger partial charge in [0.2, 0.25) is 0 Å². The zero-order valence-corrected chi connectivity index (χ0v) is 10.1. The van der Waals surface area contributed by atoms with Crippen molar-refractivity contribution < 1.29 is 24.1 Å². The highest BCUT2D eigenvalue weighted by atomic mass is 16.6. The van der Waals surface area contributed by atoms with E-state index >= 15 is 0 Å². The Hall–Kier alpha value is -1.75. The van der Waals surface area contributed by atoms with E-state index in [4.69, 9.17) is 9.47 Å². The Kier molecular flexibility index (Phi) is 4.78. The fourth-order valence-electron chi connectivity index (χ4n) is 1.31. The van der Waals surface area contributed by atoms with Gasteiger partial charge in [0.15, 0.2) is 6.61 Å². The lowest BCUT2D eigenvalue weighted by molar-refractivity contribution is -0.142. The smallest absolute Gasteiger partial charge is 0.343 e. The normalized spacial score (nSPS) is 11.8. The highest BCUT2D eigenvalue weighted by Crippen LogP contribution is 2.29. The first-order valence-electron chi connectivity index (χ1n) is 5.14. The molecule has 0 radical (unpaired) electrons. The molecular weight excluding hydrogens is 224 g/mol. The van der Waals surface area contributed by atoms with E-state index in [-0.39, 0.29) is 6.61 Å². The summed E-state index contributed by atoms with van der Waals surface area (Å²) < 4.78 is 14.8. The van der Waals surface area contributed by atoms with E-state index in [1.807, 2.05) is 0 Å². The fraction of sp³-hybridized carbons (Fsp3) is 0.417. The Bertz CT molecular complexity index is 386. The van der Waals surface area contributed by atoms with Crippen molar-refractivity contribution in [3.8, 4) is 11.5 Å². The summed E-state index contributed by atoms with van der Waals surface area (Å²) in [5, 5.41) is 9.55. The fourth-order valence-corrected chi connectivity index (χ4v) is 1.31. The van der Waals surface area contributed by atoms with Crippen molar-refractivity contribution in [1.82, 2.24) is 0 Å². The van der Waals surface area contributed by atoms with Gasteiger partial charge in [-0.1, -0.05) is 0 Å². The molecule has 1 N–H and O–H groups in total.